The third-order valence-electron chi connectivity index (χ3n) is 7.15. The van der Waals surface area contributed by atoms with E-state index in [1.165, 1.54) is 0 Å². The van der Waals surface area contributed by atoms with Gasteiger partial charge < -0.3 is 30.7 Å². The minimum Gasteiger partial charge on any atom is -0.438 e. The lowest BCUT2D eigenvalue weighted by atomic mass is 9.90. The molecule has 0 unspecified atom stereocenters. The maximum atomic E-state index is 13.4. The highest BCUT2D eigenvalue weighted by molar-refractivity contribution is 7.61. The number of fused-ring (bicyclic) bond motifs is 1. The standard InChI is InChI=1S/C37H40N7O3P/c1-37(2,3)32(38)23-33(40-27-17-15-25(16-18-27)24-48(4,5)46)43-36(45)42-30-19-20-31(29-14-10-9-13-28(29)30)47-34-21-22-39-35(44-34)41-26-11-7-6-8-12-26/h6-23,38,40H,24H2,1-5H3,(H,39,41,44)(H2,42,43,45)/b33-23+,38-32?. The van der Waals surface area contributed by atoms with E-state index in [-0.39, 0.29) is 0 Å². The first-order chi connectivity index (χ1) is 22.8. The Bertz CT molecular complexity index is 2000. The Morgan fingerprint density at radius 2 is 1.54 bits per heavy atom. The maximum Gasteiger partial charge on any atom is 0.324 e. The molecule has 0 atom stereocenters. The largest absolute Gasteiger partial charge is 0.438 e. The van der Waals surface area contributed by atoms with Crippen molar-refractivity contribution in [2.24, 2.45) is 5.41 Å². The maximum absolute atomic E-state index is 13.4. The van der Waals surface area contributed by atoms with E-state index in [4.69, 9.17) is 10.1 Å². The lowest BCUT2D eigenvalue weighted by Crippen LogP contribution is -2.32. The summed E-state index contributed by atoms with van der Waals surface area (Å²) in [5.41, 5.74) is 3.01. The van der Waals surface area contributed by atoms with Gasteiger partial charge in [0.2, 0.25) is 11.8 Å². The first kappa shape index (κ1) is 33.9. The normalized spacial score (nSPS) is 11.9. The van der Waals surface area contributed by atoms with Crippen LogP contribution in [-0.2, 0) is 10.7 Å². The average molecular weight is 662 g/mol. The van der Waals surface area contributed by atoms with Gasteiger partial charge in [-0.15, -0.1) is 0 Å². The van der Waals surface area contributed by atoms with Crippen LogP contribution in [0.4, 0.5) is 27.8 Å². The second-order valence-electron chi connectivity index (χ2n) is 12.8. The fourth-order valence-corrected chi connectivity index (χ4v) is 5.81. The Kier molecular flexibility index (Phi) is 10.3. The number of urea groups is 1. The van der Waals surface area contributed by atoms with Crippen LogP contribution in [0.1, 0.15) is 26.3 Å². The molecule has 0 aliphatic heterocycles. The Morgan fingerprint density at radius 1 is 0.854 bits per heavy atom. The van der Waals surface area contributed by atoms with Crippen LogP contribution < -0.4 is 26.0 Å². The highest BCUT2D eigenvalue weighted by atomic mass is 31.2. The summed E-state index contributed by atoms with van der Waals surface area (Å²) in [6.07, 6.45) is 3.74. The number of nitrogens with zero attached hydrogens (tertiary/aromatic N) is 2. The van der Waals surface area contributed by atoms with Crippen LogP contribution in [0, 0.1) is 10.8 Å². The summed E-state index contributed by atoms with van der Waals surface area (Å²) >= 11 is 0. The van der Waals surface area contributed by atoms with Crippen molar-refractivity contribution in [3.63, 3.8) is 0 Å². The zero-order valence-corrected chi connectivity index (χ0v) is 28.6. The molecule has 10 nitrogen and oxygen atoms in total. The fraction of sp³-hybridized carbons (Fsp3) is 0.189. The molecule has 0 spiro atoms. The summed E-state index contributed by atoms with van der Waals surface area (Å²) < 4.78 is 18.5. The molecule has 2 amide bonds. The molecule has 0 saturated carbocycles. The zero-order chi connectivity index (χ0) is 34.3. The molecule has 246 valence electrons. The number of rotatable bonds is 11. The van der Waals surface area contributed by atoms with Gasteiger partial charge in [-0.3, -0.25) is 5.32 Å². The van der Waals surface area contributed by atoms with Crippen molar-refractivity contribution in [2.45, 2.75) is 26.9 Å². The molecule has 0 bridgehead atoms. The molecule has 0 saturated heterocycles. The number of amides is 2. The monoisotopic (exact) mass is 661 g/mol. The van der Waals surface area contributed by atoms with Crippen molar-refractivity contribution in [1.29, 1.82) is 5.41 Å². The SMILES string of the molecule is CC(C)(C)C(=N)/C=C(/NC(=O)Nc1ccc(Oc2ccnc(Nc3ccccc3)n2)c2ccccc12)Nc1ccc(CP(C)(C)=O)cc1. The van der Waals surface area contributed by atoms with Gasteiger partial charge in [0, 0.05) is 57.8 Å². The first-order valence-electron chi connectivity index (χ1n) is 15.5. The van der Waals surface area contributed by atoms with Gasteiger partial charge in [0.25, 0.3) is 0 Å². The minimum absolute atomic E-state index is 0.332. The number of aromatic nitrogens is 2. The topological polar surface area (TPSA) is 141 Å². The number of allylic oxidation sites excluding steroid dienone is 1. The molecular formula is C37H40N7O3P. The van der Waals surface area contributed by atoms with Crippen molar-refractivity contribution in [2.75, 3.05) is 29.3 Å². The number of para-hydroxylation sites is 1. The zero-order valence-electron chi connectivity index (χ0n) is 27.7. The van der Waals surface area contributed by atoms with Crippen LogP contribution in [-0.4, -0.2) is 35.0 Å². The van der Waals surface area contributed by atoms with Gasteiger partial charge in [-0.25, -0.2) is 9.78 Å². The van der Waals surface area contributed by atoms with Crippen molar-refractivity contribution >= 4 is 52.7 Å². The number of ether oxygens (including phenoxy) is 1. The molecule has 0 aliphatic rings. The van der Waals surface area contributed by atoms with E-state index >= 15 is 0 Å². The molecule has 0 aliphatic carbocycles. The number of nitrogens with one attached hydrogen (secondary N) is 5. The molecule has 0 fully saturated rings. The van der Waals surface area contributed by atoms with Crippen molar-refractivity contribution in [1.82, 2.24) is 15.3 Å². The summed E-state index contributed by atoms with van der Waals surface area (Å²) in [6, 6.07) is 29.5. The van der Waals surface area contributed by atoms with E-state index in [9.17, 15) is 9.36 Å². The molecule has 5 aromatic rings. The predicted octanol–water partition coefficient (Wildman–Crippen LogP) is 9.43. The number of benzene rings is 4. The summed E-state index contributed by atoms with van der Waals surface area (Å²) in [5, 5.41) is 22.3. The molecule has 1 heterocycles. The Labute approximate surface area is 280 Å². The van der Waals surface area contributed by atoms with Gasteiger partial charge in [0.05, 0.1) is 12.8 Å². The van der Waals surface area contributed by atoms with E-state index in [0.29, 0.717) is 46.6 Å². The molecule has 5 rings (SSSR count). The first-order valence-corrected chi connectivity index (χ1v) is 18.2. The smallest absolute Gasteiger partial charge is 0.324 e. The second-order valence-corrected chi connectivity index (χ2v) is 16.3. The summed E-state index contributed by atoms with van der Waals surface area (Å²) in [7, 11) is -2.21. The Morgan fingerprint density at radius 3 is 2.23 bits per heavy atom. The van der Waals surface area contributed by atoms with E-state index in [0.717, 1.165) is 22.0 Å². The summed E-state index contributed by atoms with van der Waals surface area (Å²) in [4.78, 5) is 22.2. The number of hydrogen-bond acceptors (Lipinski definition) is 8. The molecule has 4 aromatic carbocycles. The lowest BCUT2D eigenvalue weighted by Gasteiger charge is -2.20. The number of carbonyl (C=O) groups excluding carboxylic acids is 1. The van der Waals surface area contributed by atoms with Gasteiger partial charge in [-0.05, 0) is 55.3 Å². The third-order valence-corrected chi connectivity index (χ3v) is 8.27. The minimum atomic E-state index is -2.21. The highest BCUT2D eigenvalue weighted by Gasteiger charge is 2.18. The van der Waals surface area contributed by atoms with Crippen LogP contribution >= 0.6 is 7.14 Å². The Balaban J connectivity index is 1.34. The van der Waals surface area contributed by atoms with E-state index < -0.39 is 18.6 Å². The fourth-order valence-electron chi connectivity index (χ4n) is 4.72. The van der Waals surface area contributed by atoms with Crippen LogP contribution in [0.25, 0.3) is 10.8 Å². The van der Waals surface area contributed by atoms with Crippen LogP contribution in [0.3, 0.4) is 0 Å². The summed E-state index contributed by atoms with van der Waals surface area (Å²) in [5.74, 6) is 1.66. The van der Waals surface area contributed by atoms with Crippen LogP contribution in [0.15, 0.2) is 115 Å². The van der Waals surface area contributed by atoms with Gasteiger partial charge >= 0.3 is 6.03 Å². The Hall–Kier alpha value is -5.47. The molecule has 48 heavy (non-hydrogen) atoms. The van der Waals surface area contributed by atoms with Crippen LogP contribution in [0.2, 0.25) is 0 Å². The predicted molar refractivity (Wildman–Crippen MR) is 196 cm³/mol. The van der Waals surface area contributed by atoms with Gasteiger partial charge in [-0.2, -0.15) is 4.98 Å². The molecule has 1 aromatic heterocycles. The van der Waals surface area contributed by atoms with Crippen molar-refractivity contribution < 1.29 is 14.1 Å². The molecule has 11 heteroatoms. The van der Waals surface area contributed by atoms with Crippen LogP contribution in [0.5, 0.6) is 11.6 Å². The highest BCUT2D eigenvalue weighted by Crippen LogP contribution is 2.40. The number of anilines is 4. The number of carbonyl (C=O) groups is 1. The van der Waals surface area contributed by atoms with Gasteiger partial charge in [0.15, 0.2) is 0 Å². The van der Waals surface area contributed by atoms with E-state index in [1.54, 1.807) is 43.8 Å². The van der Waals surface area contributed by atoms with Crippen molar-refractivity contribution in [3.05, 3.63) is 121 Å². The van der Waals surface area contributed by atoms with Crippen molar-refractivity contribution in [3.8, 4) is 11.6 Å². The van der Waals surface area contributed by atoms with Gasteiger partial charge in [-0.1, -0.05) is 75.4 Å². The van der Waals surface area contributed by atoms with Gasteiger partial charge in [0.1, 0.15) is 11.6 Å². The molecule has 5 N–H and O–H groups in total. The lowest BCUT2D eigenvalue weighted by molar-refractivity contribution is 0.254. The average Bonchev–Trinajstić information content (AvgIpc) is 3.03. The second kappa shape index (κ2) is 14.5. The molecule has 0 radical (unpaired) electrons. The van der Waals surface area contributed by atoms with E-state index in [2.05, 4.69) is 31.2 Å². The third kappa shape index (κ3) is 9.53. The number of hydrogen-bond donors (Lipinski definition) is 5. The summed E-state index contributed by atoms with van der Waals surface area (Å²) in [6.45, 7) is 9.34. The molecular weight excluding hydrogens is 621 g/mol. The van der Waals surface area contributed by atoms with E-state index in [1.807, 2.05) is 99.6 Å². The quantitative estimate of drug-likeness (QED) is 0.0701.